The zero-order valence-corrected chi connectivity index (χ0v) is 20.4. The van der Waals surface area contributed by atoms with Crippen molar-refractivity contribution in [2.24, 2.45) is 0 Å². The third-order valence-electron chi connectivity index (χ3n) is 5.92. The van der Waals surface area contributed by atoms with Crippen LogP contribution in [0.5, 0.6) is 0 Å². The molecule has 0 aliphatic heterocycles. The molecule has 1 unspecified atom stereocenters. The molecule has 184 valence electrons. The molecule has 1 aliphatic rings. The summed E-state index contributed by atoms with van der Waals surface area (Å²) >= 11 is 1.49. The minimum absolute atomic E-state index is 0.101. The van der Waals surface area contributed by atoms with E-state index in [2.05, 4.69) is 5.32 Å². The fraction of sp³-hybridized carbons (Fsp3) is 0.385. The van der Waals surface area contributed by atoms with E-state index in [4.69, 9.17) is 10.00 Å². The molecule has 0 saturated carbocycles. The van der Waals surface area contributed by atoms with Gasteiger partial charge in [-0.25, -0.2) is 4.79 Å². The van der Waals surface area contributed by atoms with Crippen molar-refractivity contribution < 1.29 is 24.2 Å². The molecule has 2 aromatic rings. The second-order valence-corrected chi connectivity index (χ2v) is 9.20. The molecule has 8 nitrogen and oxygen atoms in total. The van der Waals surface area contributed by atoms with Crippen molar-refractivity contribution in [3.63, 3.8) is 0 Å². The van der Waals surface area contributed by atoms with Gasteiger partial charge in [0.25, 0.3) is 0 Å². The molecule has 35 heavy (non-hydrogen) atoms. The van der Waals surface area contributed by atoms with E-state index in [1.807, 2.05) is 60.9 Å². The number of nitriles is 1. The van der Waals surface area contributed by atoms with Gasteiger partial charge in [0.2, 0.25) is 5.91 Å². The summed E-state index contributed by atoms with van der Waals surface area (Å²) in [5, 5.41) is 20.7. The number of hydrogen-bond donors (Lipinski definition) is 2. The van der Waals surface area contributed by atoms with Crippen molar-refractivity contribution in [1.82, 2.24) is 10.2 Å². The number of aliphatic carboxylic acids is 1. The lowest BCUT2D eigenvalue weighted by Crippen LogP contribution is -2.50. The van der Waals surface area contributed by atoms with Gasteiger partial charge in [0, 0.05) is 24.6 Å². The number of nitrogens with one attached hydrogen (secondary N) is 1. The molecule has 0 radical (unpaired) electrons. The number of carboxylic acids is 1. The first-order valence-corrected chi connectivity index (χ1v) is 12.8. The normalized spacial score (nSPS) is 12.7. The van der Waals surface area contributed by atoms with Crippen LogP contribution in [-0.4, -0.2) is 65.7 Å². The minimum atomic E-state index is -1.13. The molecule has 0 aromatic heterocycles. The number of carbonyl (C=O) groups is 3. The van der Waals surface area contributed by atoms with Crippen LogP contribution in [0.2, 0.25) is 0 Å². The number of alkyl carbamates (subject to hydrolysis) is 1. The van der Waals surface area contributed by atoms with E-state index in [9.17, 15) is 19.5 Å². The predicted octanol–water partition coefficient (Wildman–Crippen LogP) is 3.86. The van der Waals surface area contributed by atoms with Gasteiger partial charge < -0.3 is 20.1 Å². The van der Waals surface area contributed by atoms with Gasteiger partial charge in [-0.15, -0.1) is 0 Å². The van der Waals surface area contributed by atoms with E-state index in [1.165, 1.54) is 16.7 Å². The lowest BCUT2D eigenvalue weighted by Gasteiger charge is -2.26. The number of nitrogens with zero attached hydrogens (tertiary/aromatic N) is 2. The highest BCUT2D eigenvalue weighted by atomic mass is 32.2. The van der Waals surface area contributed by atoms with E-state index < -0.39 is 30.6 Å². The number of carbonyl (C=O) groups excluding carboxylic acids is 2. The standard InChI is InChI=1S/C26H29N3O5S/c1-35-15-14-29(16-24(30)31)25(32)23(12-6-7-13-27)28-26(33)34-17-22-20-10-4-2-8-18(20)19-9-3-5-11-21(19)22/h2-5,8-11,22-23H,6-7,12,14-17H2,1H3,(H,28,33)(H,30,31). The highest BCUT2D eigenvalue weighted by molar-refractivity contribution is 7.98. The zero-order chi connectivity index (χ0) is 25.2. The SMILES string of the molecule is CSCCN(CC(=O)O)C(=O)C(CCCC#N)NC(=O)OCC1c2ccccc2-c2ccccc21. The van der Waals surface area contributed by atoms with Crippen LogP contribution in [0.4, 0.5) is 4.79 Å². The molecule has 0 heterocycles. The van der Waals surface area contributed by atoms with Crippen LogP contribution >= 0.6 is 11.8 Å². The third-order valence-corrected chi connectivity index (χ3v) is 6.51. The van der Waals surface area contributed by atoms with Crippen LogP contribution in [0.3, 0.4) is 0 Å². The summed E-state index contributed by atoms with van der Waals surface area (Å²) in [5.74, 6) is -1.18. The number of rotatable bonds is 12. The van der Waals surface area contributed by atoms with Gasteiger partial charge in [0.15, 0.2) is 0 Å². The first-order valence-electron chi connectivity index (χ1n) is 11.4. The van der Waals surface area contributed by atoms with E-state index in [1.54, 1.807) is 0 Å². The molecular weight excluding hydrogens is 466 g/mol. The Kier molecular flexibility index (Phi) is 9.56. The fourth-order valence-corrected chi connectivity index (χ4v) is 4.68. The second-order valence-electron chi connectivity index (χ2n) is 8.22. The summed E-state index contributed by atoms with van der Waals surface area (Å²) in [6.07, 6.45) is 1.94. The second kappa shape index (κ2) is 12.8. The molecule has 2 amide bonds. The van der Waals surface area contributed by atoms with E-state index >= 15 is 0 Å². The van der Waals surface area contributed by atoms with Crippen LogP contribution in [0.15, 0.2) is 48.5 Å². The quantitative estimate of drug-likeness (QED) is 0.429. The maximum atomic E-state index is 13.1. The molecule has 3 rings (SSSR count). The monoisotopic (exact) mass is 495 g/mol. The van der Waals surface area contributed by atoms with Crippen molar-refractivity contribution in [3.05, 3.63) is 59.7 Å². The van der Waals surface area contributed by atoms with Crippen molar-refractivity contribution >= 4 is 29.7 Å². The number of carboxylic acid groups (broad SMARTS) is 1. The molecule has 0 saturated heterocycles. The van der Waals surface area contributed by atoms with Gasteiger partial charge in [-0.3, -0.25) is 9.59 Å². The zero-order valence-electron chi connectivity index (χ0n) is 19.6. The number of benzene rings is 2. The Morgan fingerprint density at radius 3 is 2.34 bits per heavy atom. The Hall–Kier alpha value is -3.51. The molecule has 0 fully saturated rings. The Morgan fingerprint density at radius 1 is 1.14 bits per heavy atom. The fourth-order valence-electron chi connectivity index (χ4n) is 4.28. The lowest BCUT2D eigenvalue weighted by molar-refractivity contribution is -0.145. The summed E-state index contributed by atoms with van der Waals surface area (Å²) in [4.78, 5) is 38.3. The van der Waals surface area contributed by atoms with Crippen LogP contribution < -0.4 is 5.32 Å². The van der Waals surface area contributed by atoms with E-state index in [0.717, 1.165) is 22.3 Å². The van der Waals surface area contributed by atoms with Crippen LogP contribution in [0.1, 0.15) is 36.3 Å². The largest absolute Gasteiger partial charge is 0.480 e. The number of fused-ring (bicyclic) bond motifs is 3. The van der Waals surface area contributed by atoms with Crippen molar-refractivity contribution in [2.45, 2.75) is 31.2 Å². The molecular formula is C26H29N3O5S. The van der Waals surface area contributed by atoms with Gasteiger partial charge in [-0.1, -0.05) is 48.5 Å². The average Bonchev–Trinajstić information content (AvgIpc) is 3.18. The average molecular weight is 496 g/mol. The molecule has 1 aliphatic carbocycles. The van der Waals surface area contributed by atoms with Crippen LogP contribution in [0.25, 0.3) is 11.1 Å². The first kappa shape index (κ1) is 26.1. The predicted molar refractivity (Wildman–Crippen MR) is 134 cm³/mol. The first-order chi connectivity index (χ1) is 17.0. The number of ether oxygens (including phenoxy) is 1. The van der Waals surface area contributed by atoms with Gasteiger partial charge in [-0.2, -0.15) is 17.0 Å². The number of thioether (sulfide) groups is 1. The molecule has 1 atom stereocenters. The van der Waals surface area contributed by atoms with Crippen LogP contribution in [0, 0.1) is 11.3 Å². The van der Waals surface area contributed by atoms with Crippen molar-refractivity contribution in [3.8, 4) is 17.2 Å². The highest BCUT2D eigenvalue weighted by Crippen LogP contribution is 2.44. The smallest absolute Gasteiger partial charge is 0.407 e. The maximum absolute atomic E-state index is 13.1. The summed E-state index contributed by atoms with van der Waals surface area (Å²) < 4.78 is 5.56. The summed E-state index contributed by atoms with van der Waals surface area (Å²) in [6, 6.07) is 17.0. The summed E-state index contributed by atoms with van der Waals surface area (Å²) in [6.45, 7) is -0.113. The van der Waals surface area contributed by atoms with Crippen molar-refractivity contribution in [1.29, 1.82) is 5.26 Å². The summed E-state index contributed by atoms with van der Waals surface area (Å²) in [5.41, 5.74) is 4.38. The van der Waals surface area contributed by atoms with Gasteiger partial charge in [-0.05, 0) is 41.4 Å². The molecule has 0 spiro atoms. The number of amides is 2. The summed E-state index contributed by atoms with van der Waals surface area (Å²) in [7, 11) is 0. The van der Waals surface area contributed by atoms with E-state index in [0.29, 0.717) is 12.2 Å². The Bertz CT molecular complexity index is 1050. The molecule has 9 heteroatoms. The Labute approximate surface area is 209 Å². The van der Waals surface area contributed by atoms with Gasteiger partial charge in [0.1, 0.15) is 19.2 Å². The van der Waals surface area contributed by atoms with E-state index in [-0.39, 0.29) is 31.9 Å². The van der Waals surface area contributed by atoms with Gasteiger partial charge in [0.05, 0.1) is 6.07 Å². The molecule has 0 bridgehead atoms. The van der Waals surface area contributed by atoms with Crippen LogP contribution in [-0.2, 0) is 14.3 Å². The maximum Gasteiger partial charge on any atom is 0.407 e. The minimum Gasteiger partial charge on any atom is -0.480 e. The number of unbranched alkanes of at least 4 members (excludes halogenated alkanes) is 1. The molecule has 2 N–H and O–H groups in total. The Balaban J connectivity index is 1.69. The highest BCUT2D eigenvalue weighted by Gasteiger charge is 2.31. The lowest BCUT2D eigenvalue weighted by atomic mass is 9.98. The Morgan fingerprint density at radius 2 is 1.77 bits per heavy atom. The number of hydrogen-bond acceptors (Lipinski definition) is 6. The van der Waals surface area contributed by atoms with Gasteiger partial charge >= 0.3 is 12.1 Å². The molecule has 2 aromatic carbocycles. The third kappa shape index (κ3) is 6.76. The van der Waals surface area contributed by atoms with Crippen molar-refractivity contribution in [2.75, 3.05) is 31.7 Å². The topological polar surface area (TPSA) is 120 Å².